The van der Waals surface area contributed by atoms with E-state index in [1.807, 2.05) is 4.98 Å². The summed E-state index contributed by atoms with van der Waals surface area (Å²) >= 11 is 12.3. The third-order valence-corrected chi connectivity index (χ3v) is 3.99. The normalized spacial score (nSPS) is 13.4. The number of nitrogens with one attached hydrogen (secondary N) is 2. The van der Waals surface area contributed by atoms with Gasteiger partial charge in [0, 0.05) is 11.6 Å². The average molecular weight is 429 g/mol. The van der Waals surface area contributed by atoms with Gasteiger partial charge in [-0.2, -0.15) is 9.94 Å². The van der Waals surface area contributed by atoms with Gasteiger partial charge in [-0.05, 0) is 12.1 Å². The molecule has 0 saturated carbocycles. The lowest BCUT2D eigenvalue weighted by Crippen LogP contribution is -2.33. The number of halogens is 4. The zero-order valence-electron chi connectivity index (χ0n) is 13.5. The summed E-state index contributed by atoms with van der Waals surface area (Å²) in [6.07, 6.45) is -1.64. The number of aromatic nitrogens is 3. The van der Waals surface area contributed by atoms with Crippen molar-refractivity contribution in [3.8, 4) is 17.5 Å². The summed E-state index contributed by atoms with van der Waals surface area (Å²) < 4.78 is 31.7. The van der Waals surface area contributed by atoms with Crippen molar-refractivity contribution in [1.29, 1.82) is 5.26 Å². The number of H-pyrrole nitrogens is 1. The van der Waals surface area contributed by atoms with Gasteiger partial charge in [-0.1, -0.05) is 23.2 Å². The number of aromatic amines is 1. The van der Waals surface area contributed by atoms with Crippen LogP contribution in [-0.4, -0.2) is 33.6 Å². The molecule has 1 aliphatic rings. The van der Waals surface area contributed by atoms with Crippen LogP contribution in [0.2, 0.25) is 10.0 Å². The van der Waals surface area contributed by atoms with E-state index in [1.165, 1.54) is 12.1 Å². The molecule has 0 fully saturated rings. The van der Waals surface area contributed by atoms with Crippen molar-refractivity contribution in [2.45, 2.75) is 6.43 Å². The van der Waals surface area contributed by atoms with Crippen LogP contribution in [0.25, 0.3) is 5.69 Å². The molecular formula is C15H8Cl2F2N6O3. The van der Waals surface area contributed by atoms with Gasteiger partial charge in [-0.3, -0.25) is 9.78 Å². The molecule has 1 aliphatic heterocycles. The third kappa shape index (κ3) is 3.88. The lowest BCUT2D eigenvalue weighted by Gasteiger charge is -2.16. The van der Waals surface area contributed by atoms with Gasteiger partial charge < -0.3 is 10.2 Å². The van der Waals surface area contributed by atoms with Gasteiger partial charge in [0.2, 0.25) is 11.6 Å². The number of rotatable bonds is 3. The van der Waals surface area contributed by atoms with E-state index in [9.17, 15) is 18.4 Å². The second kappa shape index (κ2) is 7.79. The number of hydrazone groups is 1. The molecule has 2 heterocycles. The van der Waals surface area contributed by atoms with E-state index in [1.54, 1.807) is 6.07 Å². The van der Waals surface area contributed by atoms with Crippen LogP contribution in [0.15, 0.2) is 38.5 Å². The van der Waals surface area contributed by atoms with E-state index in [4.69, 9.17) is 33.2 Å². The molecule has 0 amide bonds. The van der Waals surface area contributed by atoms with Gasteiger partial charge in [-0.25, -0.2) is 13.6 Å². The zero-order chi connectivity index (χ0) is 20.4. The van der Waals surface area contributed by atoms with Crippen LogP contribution in [-0.2, 0) is 0 Å². The lowest BCUT2D eigenvalue weighted by atomic mass is 10.2. The standard InChI is InChI=1S/C15H8Cl2F2N6O3/c16-8-2-7(25-15(27)22-14(26)10(4-20)24-25)3-9(17)12(8)28-11-1-6(13(18)19)5-21-23-11/h1-3,13,21H,5H2,(H,22,26,27). The van der Waals surface area contributed by atoms with Crippen molar-refractivity contribution in [2.24, 2.45) is 5.10 Å². The SMILES string of the molecule is N#Cc1nn(-c2cc(Cl)c(OC3=NNCC(C(F)F)=C3)c(Cl)c2)c(=O)[nH]c1=O. The first kappa shape index (κ1) is 19.5. The molecule has 144 valence electrons. The zero-order valence-corrected chi connectivity index (χ0v) is 15.1. The first-order valence-corrected chi connectivity index (χ1v) is 8.16. The van der Waals surface area contributed by atoms with Gasteiger partial charge >= 0.3 is 5.69 Å². The number of hydrogen-bond donors (Lipinski definition) is 2. The van der Waals surface area contributed by atoms with E-state index in [2.05, 4.69) is 15.6 Å². The maximum atomic E-state index is 12.8. The monoisotopic (exact) mass is 428 g/mol. The first-order valence-electron chi connectivity index (χ1n) is 7.40. The molecule has 1 aromatic carbocycles. The molecule has 9 nitrogen and oxygen atoms in total. The molecule has 13 heteroatoms. The fourth-order valence-corrected chi connectivity index (χ4v) is 2.71. The molecule has 0 unspecified atom stereocenters. The highest BCUT2D eigenvalue weighted by Gasteiger charge is 2.19. The van der Waals surface area contributed by atoms with Crippen molar-refractivity contribution in [1.82, 2.24) is 20.2 Å². The van der Waals surface area contributed by atoms with Crippen LogP contribution in [0.3, 0.4) is 0 Å². The average Bonchev–Trinajstić information content (AvgIpc) is 2.65. The van der Waals surface area contributed by atoms with Gasteiger partial charge in [0.25, 0.3) is 12.0 Å². The summed E-state index contributed by atoms with van der Waals surface area (Å²) in [5.41, 5.74) is -0.206. The van der Waals surface area contributed by atoms with Gasteiger partial charge in [0.15, 0.2) is 5.75 Å². The van der Waals surface area contributed by atoms with Crippen molar-refractivity contribution < 1.29 is 13.5 Å². The molecule has 0 aliphatic carbocycles. The predicted molar refractivity (Wildman–Crippen MR) is 95.3 cm³/mol. The molecule has 0 atom stereocenters. The highest BCUT2D eigenvalue weighted by atomic mass is 35.5. The second-order valence-corrected chi connectivity index (χ2v) is 6.09. The summed E-state index contributed by atoms with van der Waals surface area (Å²) in [5.74, 6) is -0.290. The molecular weight excluding hydrogens is 421 g/mol. The summed E-state index contributed by atoms with van der Waals surface area (Å²) in [5, 5.41) is 16.1. The van der Waals surface area contributed by atoms with Crippen LogP contribution in [0.1, 0.15) is 5.69 Å². The number of nitriles is 1. The molecule has 0 saturated heterocycles. The smallest absolute Gasteiger partial charge is 0.349 e. The van der Waals surface area contributed by atoms with E-state index < -0.39 is 23.4 Å². The predicted octanol–water partition coefficient (Wildman–Crippen LogP) is 1.59. The fourth-order valence-electron chi connectivity index (χ4n) is 2.16. The largest absolute Gasteiger partial charge is 0.434 e. The number of ether oxygens (including phenoxy) is 1. The van der Waals surface area contributed by atoms with E-state index in [0.717, 1.165) is 10.8 Å². The molecule has 0 radical (unpaired) electrons. The van der Waals surface area contributed by atoms with Crippen molar-refractivity contribution in [2.75, 3.05) is 6.54 Å². The van der Waals surface area contributed by atoms with Crippen LogP contribution < -0.4 is 21.4 Å². The number of alkyl halides is 2. The van der Waals surface area contributed by atoms with Crippen LogP contribution in [0.4, 0.5) is 8.78 Å². The van der Waals surface area contributed by atoms with E-state index in [-0.39, 0.29) is 39.5 Å². The summed E-state index contributed by atoms with van der Waals surface area (Å²) in [6, 6.07) is 4.00. The Morgan fingerprint density at radius 2 is 1.96 bits per heavy atom. The highest BCUT2D eigenvalue weighted by molar-refractivity contribution is 6.37. The minimum atomic E-state index is -2.69. The molecule has 2 N–H and O–H groups in total. The summed E-state index contributed by atoms with van der Waals surface area (Å²) in [4.78, 5) is 25.3. The molecule has 1 aromatic heterocycles. The molecule has 0 bridgehead atoms. The minimum Gasteiger partial charge on any atom is -0.434 e. The van der Waals surface area contributed by atoms with Crippen LogP contribution in [0.5, 0.6) is 5.75 Å². The lowest BCUT2D eigenvalue weighted by molar-refractivity contribution is 0.185. The Labute approximate surface area is 164 Å². The maximum Gasteiger partial charge on any atom is 0.349 e. The highest BCUT2D eigenvalue weighted by Crippen LogP contribution is 2.35. The van der Waals surface area contributed by atoms with Crippen molar-refractivity contribution in [3.05, 3.63) is 60.4 Å². The number of hydrogen-bond acceptors (Lipinski definition) is 7. The maximum absolute atomic E-state index is 12.8. The van der Waals surface area contributed by atoms with Crippen LogP contribution in [0, 0.1) is 11.3 Å². The van der Waals surface area contributed by atoms with E-state index >= 15 is 0 Å². The van der Waals surface area contributed by atoms with E-state index in [0.29, 0.717) is 0 Å². The Hall–Kier alpha value is -3.23. The fraction of sp³-hybridized carbons (Fsp3) is 0.133. The van der Waals surface area contributed by atoms with Crippen LogP contribution >= 0.6 is 23.2 Å². The second-order valence-electron chi connectivity index (χ2n) is 5.28. The molecule has 28 heavy (non-hydrogen) atoms. The van der Waals surface area contributed by atoms with Gasteiger partial charge in [0.05, 0.1) is 22.3 Å². The molecule has 3 rings (SSSR count). The van der Waals surface area contributed by atoms with Gasteiger partial charge in [0.1, 0.15) is 6.07 Å². The third-order valence-electron chi connectivity index (χ3n) is 3.43. The Morgan fingerprint density at radius 1 is 1.29 bits per heavy atom. The summed E-state index contributed by atoms with van der Waals surface area (Å²) in [7, 11) is 0. The topological polar surface area (TPSA) is 125 Å². The quantitative estimate of drug-likeness (QED) is 0.764. The Bertz CT molecular complexity index is 1140. The molecule has 0 spiro atoms. The Morgan fingerprint density at radius 3 is 2.57 bits per heavy atom. The Kier molecular flexibility index (Phi) is 5.43. The minimum absolute atomic E-state index is 0.0348. The first-order chi connectivity index (χ1) is 13.3. The van der Waals surface area contributed by atoms with Crippen molar-refractivity contribution >= 4 is 29.1 Å². The number of nitrogens with zero attached hydrogens (tertiary/aromatic N) is 4. The van der Waals surface area contributed by atoms with Crippen molar-refractivity contribution in [3.63, 3.8) is 0 Å². The number of benzene rings is 1. The van der Waals surface area contributed by atoms with Gasteiger partial charge in [-0.15, -0.1) is 10.2 Å². The molecule has 2 aromatic rings. The Balaban J connectivity index is 1.99. The summed E-state index contributed by atoms with van der Waals surface area (Å²) in [6.45, 7) is -0.132.